The summed E-state index contributed by atoms with van der Waals surface area (Å²) in [5, 5.41) is 1.17. The molecule has 3 aromatic rings. The number of hydrogen-bond donors (Lipinski definition) is 0. The van der Waals surface area contributed by atoms with Crippen molar-refractivity contribution in [3.63, 3.8) is 0 Å². The maximum atomic E-state index is 4.68. The number of aryl methyl sites for hydroxylation is 1. The third-order valence-corrected chi connectivity index (χ3v) is 3.37. The van der Waals surface area contributed by atoms with Crippen LogP contribution in [0.25, 0.3) is 10.9 Å². The fourth-order valence-electron chi connectivity index (χ4n) is 2.36. The minimum absolute atomic E-state index is 0.773. The molecule has 0 atom stereocenters. The Labute approximate surface area is 118 Å². The van der Waals surface area contributed by atoms with Crippen LogP contribution in [-0.2, 0) is 6.54 Å². The van der Waals surface area contributed by atoms with E-state index in [-0.39, 0.29) is 0 Å². The molecule has 0 fully saturated rings. The first kappa shape index (κ1) is 12.6. The van der Waals surface area contributed by atoms with Crippen molar-refractivity contribution < 1.29 is 0 Å². The summed E-state index contributed by atoms with van der Waals surface area (Å²) in [5.41, 5.74) is 4.28. The van der Waals surface area contributed by atoms with Crippen molar-refractivity contribution in [1.29, 1.82) is 0 Å². The highest BCUT2D eigenvalue weighted by atomic mass is 15.1. The van der Waals surface area contributed by atoms with Crippen LogP contribution in [0.2, 0.25) is 0 Å². The van der Waals surface area contributed by atoms with Gasteiger partial charge in [0.25, 0.3) is 0 Å². The molecular formula is C17H17N3. The summed E-state index contributed by atoms with van der Waals surface area (Å²) in [6, 6.07) is 16.4. The molecule has 100 valence electrons. The van der Waals surface area contributed by atoms with E-state index in [9.17, 15) is 0 Å². The fraction of sp³-hybridized carbons (Fsp3) is 0.176. The van der Waals surface area contributed by atoms with Gasteiger partial charge in [-0.2, -0.15) is 0 Å². The third kappa shape index (κ3) is 2.48. The number of hydrogen-bond acceptors (Lipinski definition) is 3. The van der Waals surface area contributed by atoms with Crippen molar-refractivity contribution in [3.8, 4) is 0 Å². The van der Waals surface area contributed by atoms with Gasteiger partial charge < -0.3 is 4.90 Å². The van der Waals surface area contributed by atoms with Gasteiger partial charge in [0.05, 0.1) is 23.4 Å². The highest BCUT2D eigenvalue weighted by Gasteiger charge is 2.08. The Balaban J connectivity index is 1.99. The van der Waals surface area contributed by atoms with Crippen molar-refractivity contribution in [2.24, 2.45) is 0 Å². The molecule has 0 unspecified atom stereocenters. The molecular weight excluding hydrogens is 246 g/mol. The van der Waals surface area contributed by atoms with Crippen LogP contribution in [0.3, 0.4) is 0 Å². The second-order valence-corrected chi connectivity index (χ2v) is 4.98. The van der Waals surface area contributed by atoms with Gasteiger partial charge in [0.15, 0.2) is 0 Å². The molecule has 0 saturated heterocycles. The zero-order valence-corrected chi connectivity index (χ0v) is 11.7. The molecule has 0 saturated carbocycles. The summed E-state index contributed by atoms with van der Waals surface area (Å²) in [6.45, 7) is 2.80. The lowest BCUT2D eigenvalue weighted by molar-refractivity contribution is 0.887. The first-order valence-corrected chi connectivity index (χ1v) is 6.71. The maximum absolute atomic E-state index is 4.68. The quantitative estimate of drug-likeness (QED) is 0.723. The van der Waals surface area contributed by atoms with Crippen LogP contribution in [0.15, 0.2) is 54.7 Å². The largest absolute Gasteiger partial charge is 0.367 e. The summed E-state index contributed by atoms with van der Waals surface area (Å²) >= 11 is 0. The number of fused-ring (bicyclic) bond motifs is 1. The van der Waals surface area contributed by atoms with E-state index in [1.54, 1.807) is 0 Å². The fourth-order valence-corrected chi connectivity index (χ4v) is 2.36. The van der Waals surface area contributed by atoms with E-state index in [4.69, 9.17) is 0 Å². The van der Waals surface area contributed by atoms with Crippen LogP contribution in [-0.4, -0.2) is 17.0 Å². The molecule has 0 aliphatic carbocycles. The van der Waals surface area contributed by atoms with Gasteiger partial charge in [-0.3, -0.25) is 9.97 Å². The van der Waals surface area contributed by atoms with Gasteiger partial charge in [-0.05, 0) is 31.2 Å². The molecule has 0 spiro atoms. The van der Waals surface area contributed by atoms with Crippen molar-refractivity contribution in [2.45, 2.75) is 13.5 Å². The molecule has 3 rings (SSSR count). The second-order valence-electron chi connectivity index (χ2n) is 4.98. The molecule has 0 aliphatic heterocycles. The molecule has 3 heteroatoms. The Morgan fingerprint density at radius 2 is 1.90 bits per heavy atom. The lowest BCUT2D eigenvalue weighted by Crippen LogP contribution is -2.17. The summed E-state index contributed by atoms with van der Waals surface area (Å²) in [4.78, 5) is 11.2. The smallest absolute Gasteiger partial charge is 0.0938 e. The van der Waals surface area contributed by atoms with Gasteiger partial charge >= 0.3 is 0 Å². The molecule has 0 amide bonds. The van der Waals surface area contributed by atoms with Gasteiger partial charge in [0.2, 0.25) is 0 Å². The van der Waals surface area contributed by atoms with E-state index < -0.39 is 0 Å². The molecule has 2 aromatic heterocycles. The van der Waals surface area contributed by atoms with Crippen LogP contribution in [0.1, 0.15) is 11.4 Å². The Morgan fingerprint density at radius 1 is 1.00 bits per heavy atom. The van der Waals surface area contributed by atoms with Crippen LogP contribution >= 0.6 is 0 Å². The van der Waals surface area contributed by atoms with Crippen LogP contribution < -0.4 is 4.90 Å². The number of anilines is 1. The molecule has 20 heavy (non-hydrogen) atoms. The first-order chi connectivity index (χ1) is 9.74. The summed E-state index contributed by atoms with van der Waals surface area (Å²) in [7, 11) is 2.08. The van der Waals surface area contributed by atoms with Crippen molar-refractivity contribution in [1.82, 2.24) is 9.97 Å². The molecule has 2 heterocycles. The second kappa shape index (κ2) is 5.29. The van der Waals surface area contributed by atoms with Crippen LogP contribution in [0.4, 0.5) is 5.69 Å². The van der Waals surface area contributed by atoms with Crippen LogP contribution in [0, 0.1) is 6.92 Å². The van der Waals surface area contributed by atoms with Crippen molar-refractivity contribution in [2.75, 3.05) is 11.9 Å². The number of rotatable bonds is 3. The molecule has 0 bridgehead atoms. The maximum Gasteiger partial charge on any atom is 0.0938 e. The predicted octanol–water partition coefficient (Wildman–Crippen LogP) is 3.57. The van der Waals surface area contributed by atoms with E-state index in [0.29, 0.717) is 0 Å². The third-order valence-electron chi connectivity index (χ3n) is 3.37. The number of aromatic nitrogens is 2. The average Bonchev–Trinajstić information content (AvgIpc) is 2.47. The van der Waals surface area contributed by atoms with Crippen molar-refractivity contribution in [3.05, 3.63) is 66.1 Å². The minimum atomic E-state index is 0.773. The van der Waals surface area contributed by atoms with E-state index in [2.05, 4.69) is 46.2 Å². The standard InChI is InChI=1S/C17H17N3/c1-13-9-10-14-6-5-8-16(17(14)19-13)20(2)12-15-7-3-4-11-18-15/h3-11H,12H2,1-2H3. The van der Waals surface area contributed by atoms with Gasteiger partial charge in [-0.25, -0.2) is 0 Å². The van der Waals surface area contributed by atoms with E-state index in [0.717, 1.165) is 29.1 Å². The Morgan fingerprint density at radius 3 is 2.70 bits per heavy atom. The predicted molar refractivity (Wildman–Crippen MR) is 82.8 cm³/mol. The highest BCUT2D eigenvalue weighted by molar-refractivity contribution is 5.90. The van der Waals surface area contributed by atoms with Crippen molar-refractivity contribution >= 4 is 16.6 Å². The Kier molecular flexibility index (Phi) is 3.33. The van der Waals surface area contributed by atoms with Gasteiger partial charge in [0.1, 0.15) is 0 Å². The monoisotopic (exact) mass is 263 g/mol. The number of nitrogens with zero attached hydrogens (tertiary/aromatic N) is 3. The number of benzene rings is 1. The highest BCUT2D eigenvalue weighted by Crippen LogP contribution is 2.25. The first-order valence-electron chi connectivity index (χ1n) is 6.71. The summed E-state index contributed by atoms with van der Waals surface area (Å²) in [6.07, 6.45) is 1.83. The molecule has 3 nitrogen and oxygen atoms in total. The summed E-state index contributed by atoms with van der Waals surface area (Å²) < 4.78 is 0. The summed E-state index contributed by atoms with van der Waals surface area (Å²) in [5.74, 6) is 0. The molecule has 0 radical (unpaired) electrons. The number of pyridine rings is 2. The normalized spacial score (nSPS) is 10.7. The minimum Gasteiger partial charge on any atom is -0.367 e. The SMILES string of the molecule is Cc1ccc2cccc(N(C)Cc3ccccn3)c2n1. The van der Waals surface area contributed by atoms with E-state index in [1.165, 1.54) is 5.39 Å². The topological polar surface area (TPSA) is 29.0 Å². The van der Waals surface area contributed by atoms with Gasteiger partial charge in [0, 0.05) is 24.3 Å². The zero-order valence-electron chi connectivity index (χ0n) is 11.7. The number of para-hydroxylation sites is 1. The molecule has 0 N–H and O–H groups in total. The Hall–Kier alpha value is -2.42. The van der Waals surface area contributed by atoms with E-state index in [1.807, 2.05) is 37.4 Å². The lowest BCUT2D eigenvalue weighted by Gasteiger charge is -2.20. The van der Waals surface area contributed by atoms with Gasteiger partial charge in [-0.15, -0.1) is 0 Å². The lowest BCUT2D eigenvalue weighted by atomic mass is 10.1. The molecule has 1 aromatic carbocycles. The van der Waals surface area contributed by atoms with E-state index >= 15 is 0 Å². The average molecular weight is 263 g/mol. The zero-order chi connectivity index (χ0) is 13.9. The van der Waals surface area contributed by atoms with Crippen LogP contribution in [0.5, 0.6) is 0 Å². The van der Waals surface area contributed by atoms with Gasteiger partial charge in [-0.1, -0.05) is 24.3 Å². The Bertz CT molecular complexity index is 723. The molecule has 0 aliphatic rings.